The summed E-state index contributed by atoms with van der Waals surface area (Å²) in [4.78, 5) is 33.7. The molecule has 0 spiro atoms. The Balaban J connectivity index is 1.35. The van der Waals surface area contributed by atoms with Crippen LogP contribution in [0.3, 0.4) is 0 Å². The summed E-state index contributed by atoms with van der Waals surface area (Å²) in [6.07, 6.45) is 8.85. The predicted molar refractivity (Wildman–Crippen MR) is 98.5 cm³/mol. The average molecular weight is 364 g/mol. The maximum absolute atomic E-state index is 12.3. The highest BCUT2D eigenvalue weighted by Crippen LogP contribution is 2.13. The Hall–Kier alpha value is -3.42. The van der Waals surface area contributed by atoms with Gasteiger partial charge in [0, 0.05) is 44.4 Å². The van der Waals surface area contributed by atoms with Gasteiger partial charge in [-0.2, -0.15) is 5.10 Å². The Labute approximate surface area is 156 Å². The second-order valence-corrected chi connectivity index (χ2v) is 6.46. The number of aromatic amines is 1. The molecule has 4 heterocycles. The molecule has 0 atom stereocenters. The third-order valence-corrected chi connectivity index (χ3v) is 4.57. The van der Waals surface area contributed by atoms with Gasteiger partial charge in [-0.25, -0.2) is 9.67 Å². The molecule has 1 aliphatic heterocycles. The fourth-order valence-electron chi connectivity index (χ4n) is 3.08. The predicted octanol–water partition coefficient (Wildman–Crippen LogP) is 1.76. The molecule has 0 aromatic carbocycles. The number of hydrogen-bond donors (Lipinski definition) is 2. The van der Waals surface area contributed by atoms with Crippen LogP contribution in [0.1, 0.15) is 39.3 Å². The van der Waals surface area contributed by atoms with Crippen molar-refractivity contribution in [3.8, 4) is 5.82 Å². The quantitative estimate of drug-likeness (QED) is 0.721. The van der Waals surface area contributed by atoms with E-state index in [9.17, 15) is 9.59 Å². The lowest BCUT2D eigenvalue weighted by Crippen LogP contribution is -2.27. The van der Waals surface area contributed by atoms with E-state index < -0.39 is 0 Å². The van der Waals surface area contributed by atoms with Crippen LogP contribution in [0.15, 0.2) is 49.1 Å². The molecule has 1 saturated heterocycles. The van der Waals surface area contributed by atoms with E-state index in [1.54, 1.807) is 34.2 Å². The van der Waals surface area contributed by atoms with Gasteiger partial charge in [-0.05, 0) is 36.6 Å². The number of nitrogens with zero attached hydrogens (tertiary/aromatic N) is 4. The molecular formula is C19H20N6O2. The highest BCUT2D eigenvalue weighted by Gasteiger charge is 2.21. The number of amides is 2. The molecule has 8 heteroatoms. The third kappa shape index (κ3) is 3.74. The van der Waals surface area contributed by atoms with E-state index in [2.05, 4.69) is 20.4 Å². The lowest BCUT2D eigenvalue weighted by Gasteiger charge is -2.13. The van der Waals surface area contributed by atoms with E-state index in [4.69, 9.17) is 0 Å². The van der Waals surface area contributed by atoms with Crippen molar-refractivity contribution in [2.24, 2.45) is 0 Å². The fourth-order valence-corrected chi connectivity index (χ4v) is 3.08. The zero-order valence-corrected chi connectivity index (χ0v) is 14.8. The van der Waals surface area contributed by atoms with Crippen LogP contribution in [0.5, 0.6) is 0 Å². The molecule has 2 N–H and O–H groups in total. The zero-order chi connectivity index (χ0) is 18.6. The molecule has 0 bridgehead atoms. The Morgan fingerprint density at radius 1 is 1.22 bits per heavy atom. The van der Waals surface area contributed by atoms with E-state index in [0.717, 1.165) is 31.5 Å². The van der Waals surface area contributed by atoms with Gasteiger partial charge in [-0.1, -0.05) is 6.07 Å². The first-order chi connectivity index (χ1) is 13.2. The molecule has 2 amide bonds. The number of carbonyl (C=O) groups is 2. The van der Waals surface area contributed by atoms with Gasteiger partial charge in [0.15, 0.2) is 5.82 Å². The van der Waals surface area contributed by atoms with Gasteiger partial charge in [0.1, 0.15) is 5.69 Å². The minimum atomic E-state index is -0.233. The molecule has 8 nitrogen and oxygen atoms in total. The molecule has 0 radical (unpaired) electrons. The molecule has 0 saturated carbocycles. The summed E-state index contributed by atoms with van der Waals surface area (Å²) in [6, 6.07) is 7.17. The van der Waals surface area contributed by atoms with E-state index >= 15 is 0 Å². The van der Waals surface area contributed by atoms with Crippen molar-refractivity contribution in [1.29, 1.82) is 0 Å². The molecule has 27 heavy (non-hydrogen) atoms. The molecule has 0 unspecified atom stereocenters. The standard InChI is InChI=1S/C19H20N6O2/c26-18(15-10-16(20-13-15)19(27)24-7-1-2-8-24)22-12-14-4-5-17(21-11-14)25-9-3-6-23-25/h3-6,9-11,13,20H,1-2,7-8,12H2,(H,22,26). The van der Waals surface area contributed by atoms with Gasteiger partial charge in [0.25, 0.3) is 11.8 Å². The lowest BCUT2D eigenvalue weighted by atomic mass is 10.2. The summed E-state index contributed by atoms with van der Waals surface area (Å²) < 4.78 is 1.67. The van der Waals surface area contributed by atoms with Crippen LogP contribution in [-0.4, -0.2) is 49.6 Å². The molecule has 4 rings (SSSR count). The zero-order valence-electron chi connectivity index (χ0n) is 14.8. The average Bonchev–Trinajstić information content (AvgIpc) is 3.47. The smallest absolute Gasteiger partial charge is 0.270 e. The topological polar surface area (TPSA) is 95.9 Å². The lowest BCUT2D eigenvalue weighted by molar-refractivity contribution is 0.0787. The molecule has 0 aliphatic carbocycles. The molecule has 3 aromatic heterocycles. The third-order valence-electron chi connectivity index (χ3n) is 4.57. The minimum Gasteiger partial charge on any atom is -0.356 e. The van der Waals surface area contributed by atoms with Gasteiger partial charge >= 0.3 is 0 Å². The maximum Gasteiger partial charge on any atom is 0.270 e. The van der Waals surface area contributed by atoms with E-state index in [1.807, 2.05) is 24.4 Å². The van der Waals surface area contributed by atoms with Crippen LogP contribution in [-0.2, 0) is 6.54 Å². The first-order valence-electron chi connectivity index (χ1n) is 8.91. The Morgan fingerprint density at radius 3 is 2.78 bits per heavy atom. The van der Waals surface area contributed by atoms with Gasteiger partial charge in [0.2, 0.25) is 0 Å². The van der Waals surface area contributed by atoms with Crippen LogP contribution >= 0.6 is 0 Å². The summed E-state index contributed by atoms with van der Waals surface area (Å²) in [6.45, 7) is 1.91. The van der Waals surface area contributed by atoms with Gasteiger partial charge in [0.05, 0.1) is 5.56 Å². The number of rotatable bonds is 5. The SMILES string of the molecule is O=C(NCc1ccc(-n2cccn2)nc1)c1c[nH]c(C(=O)N2CCCC2)c1. The fraction of sp³-hybridized carbons (Fsp3) is 0.263. The van der Waals surface area contributed by atoms with Crippen LogP contribution in [0.4, 0.5) is 0 Å². The van der Waals surface area contributed by atoms with E-state index in [1.165, 1.54) is 0 Å². The molecular weight excluding hydrogens is 344 g/mol. The van der Waals surface area contributed by atoms with Crippen molar-refractivity contribution in [3.05, 3.63) is 65.9 Å². The van der Waals surface area contributed by atoms with Gasteiger partial charge in [-0.15, -0.1) is 0 Å². The number of pyridine rings is 1. The number of nitrogens with one attached hydrogen (secondary N) is 2. The van der Waals surface area contributed by atoms with E-state index in [-0.39, 0.29) is 11.8 Å². The number of H-pyrrole nitrogens is 1. The first kappa shape index (κ1) is 17.0. The number of carbonyl (C=O) groups excluding carboxylic acids is 2. The minimum absolute atomic E-state index is 0.0510. The summed E-state index contributed by atoms with van der Waals surface area (Å²) in [5.41, 5.74) is 1.77. The highest BCUT2D eigenvalue weighted by atomic mass is 16.2. The summed E-state index contributed by atoms with van der Waals surface area (Å²) in [7, 11) is 0. The molecule has 1 aliphatic rings. The van der Waals surface area contributed by atoms with Crippen molar-refractivity contribution < 1.29 is 9.59 Å². The van der Waals surface area contributed by atoms with Crippen LogP contribution < -0.4 is 5.32 Å². The Kier molecular flexibility index (Phi) is 4.69. The van der Waals surface area contributed by atoms with Crippen molar-refractivity contribution in [2.75, 3.05) is 13.1 Å². The van der Waals surface area contributed by atoms with Crippen LogP contribution in [0.25, 0.3) is 5.82 Å². The van der Waals surface area contributed by atoms with Crippen LogP contribution in [0, 0.1) is 0 Å². The summed E-state index contributed by atoms with van der Waals surface area (Å²) in [5, 5.41) is 6.97. The van der Waals surface area contributed by atoms with Gasteiger partial charge in [-0.3, -0.25) is 9.59 Å². The normalized spacial score (nSPS) is 13.7. The first-order valence-corrected chi connectivity index (χ1v) is 8.91. The van der Waals surface area contributed by atoms with Gasteiger partial charge < -0.3 is 15.2 Å². The second-order valence-electron chi connectivity index (χ2n) is 6.46. The van der Waals surface area contributed by atoms with Crippen LogP contribution in [0.2, 0.25) is 0 Å². The maximum atomic E-state index is 12.3. The largest absolute Gasteiger partial charge is 0.356 e. The highest BCUT2D eigenvalue weighted by molar-refractivity contribution is 5.99. The summed E-state index contributed by atoms with van der Waals surface area (Å²) in [5.74, 6) is 0.429. The number of aromatic nitrogens is 4. The van der Waals surface area contributed by atoms with E-state index in [0.29, 0.717) is 23.6 Å². The number of likely N-dealkylation sites (tertiary alicyclic amines) is 1. The Morgan fingerprint density at radius 2 is 2.07 bits per heavy atom. The van der Waals surface area contributed by atoms with Crippen molar-refractivity contribution in [2.45, 2.75) is 19.4 Å². The monoisotopic (exact) mass is 364 g/mol. The van der Waals surface area contributed by atoms with Crippen molar-refractivity contribution in [3.63, 3.8) is 0 Å². The second kappa shape index (κ2) is 7.45. The molecule has 3 aromatic rings. The number of hydrogen-bond acceptors (Lipinski definition) is 4. The van der Waals surface area contributed by atoms with Crippen molar-refractivity contribution >= 4 is 11.8 Å². The Bertz CT molecular complexity index is 924. The molecule has 1 fully saturated rings. The summed E-state index contributed by atoms with van der Waals surface area (Å²) >= 11 is 0. The molecule has 138 valence electrons. The van der Waals surface area contributed by atoms with Crippen molar-refractivity contribution in [1.82, 2.24) is 30.0 Å².